The molecule has 1 fully saturated rings. The fourth-order valence-corrected chi connectivity index (χ4v) is 2.42. The highest BCUT2D eigenvalue weighted by Gasteiger charge is 2.30. The number of hydrogen-bond acceptors (Lipinski definition) is 6. The summed E-state index contributed by atoms with van der Waals surface area (Å²) in [5.41, 5.74) is 0. The number of hydrogen-bond donors (Lipinski definition) is 1. The first-order valence-electron chi connectivity index (χ1n) is 6.92. The van der Waals surface area contributed by atoms with Crippen molar-refractivity contribution < 1.29 is 13.7 Å². The second-order valence-corrected chi connectivity index (χ2v) is 5.15. The van der Waals surface area contributed by atoms with E-state index >= 15 is 0 Å². The van der Waals surface area contributed by atoms with Crippen LogP contribution in [0.1, 0.15) is 42.2 Å². The number of furan rings is 1. The molecule has 0 aromatic carbocycles. The second-order valence-electron chi connectivity index (χ2n) is 5.15. The molecule has 6 nitrogen and oxygen atoms in total. The SMILES string of the molecule is Cc1noc([C@@H]2CC[C@H](CNCc3ccc(C)o3)O2)n1. The molecule has 2 aromatic heterocycles. The van der Waals surface area contributed by atoms with E-state index in [1.54, 1.807) is 0 Å². The lowest BCUT2D eigenvalue weighted by Crippen LogP contribution is -2.25. The van der Waals surface area contributed by atoms with Crippen LogP contribution in [0.3, 0.4) is 0 Å². The molecule has 0 spiro atoms. The van der Waals surface area contributed by atoms with Gasteiger partial charge in [0.2, 0.25) is 0 Å². The van der Waals surface area contributed by atoms with Gasteiger partial charge in [-0.2, -0.15) is 4.98 Å². The van der Waals surface area contributed by atoms with Gasteiger partial charge in [-0.25, -0.2) is 0 Å². The van der Waals surface area contributed by atoms with Crippen LogP contribution in [0.25, 0.3) is 0 Å². The van der Waals surface area contributed by atoms with Gasteiger partial charge < -0.3 is 19.0 Å². The van der Waals surface area contributed by atoms with Gasteiger partial charge in [0.05, 0.1) is 12.6 Å². The van der Waals surface area contributed by atoms with Gasteiger partial charge in [-0.05, 0) is 38.8 Å². The lowest BCUT2D eigenvalue weighted by Gasteiger charge is -2.11. The van der Waals surface area contributed by atoms with E-state index in [-0.39, 0.29) is 12.2 Å². The van der Waals surface area contributed by atoms with Crippen molar-refractivity contribution in [3.05, 3.63) is 35.4 Å². The molecule has 2 atom stereocenters. The Labute approximate surface area is 117 Å². The number of rotatable bonds is 5. The minimum atomic E-state index is -0.0612. The first kappa shape index (κ1) is 13.3. The lowest BCUT2D eigenvalue weighted by molar-refractivity contribution is 0.0262. The first-order valence-corrected chi connectivity index (χ1v) is 6.92. The summed E-state index contributed by atoms with van der Waals surface area (Å²) in [6.45, 7) is 5.27. The normalized spacial score (nSPS) is 22.5. The van der Waals surface area contributed by atoms with E-state index in [1.165, 1.54) is 0 Å². The summed E-state index contributed by atoms with van der Waals surface area (Å²) in [5, 5.41) is 7.15. The number of ether oxygens (including phenoxy) is 1. The minimum Gasteiger partial charge on any atom is -0.465 e. The zero-order valence-electron chi connectivity index (χ0n) is 11.8. The summed E-state index contributed by atoms with van der Waals surface area (Å²) in [5.74, 6) is 3.13. The molecule has 1 aliphatic rings. The molecular weight excluding hydrogens is 258 g/mol. The molecule has 0 unspecified atom stereocenters. The highest BCUT2D eigenvalue weighted by molar-refractivity contribution is 5.05. The fraction of sp³-hybridized carbons (Fsp3) is 0.571. The second kappa shape index (κ2) is 5.76. The Morgan fingerprint density at radius 3 is 2.90 bits per heavy atom. The fourth-order valence-electron chi connectivity index (χ4n) is 2.42. The Morgan fingerprint density at radius 2 is 2.20 bits per heavy atom. The zero-order valence-corrected chi connectivity index (χ0v) is 11.8. The molecule has 20 heavy (non-hydrogen) atoms. The Kier molecular flexibility index (Phi) is 3.84. The van der Waals surface area contributed by atoms with E-state index in [4.69, 9.17) is 13.7 Å². The molecule has 1 N–H and O–H groups in total. The molecule has 0 radical (unpaired) electrons. The summed E-state index contributed by atoms with van der Waals surface area (Å²) in [6.07, 6.45) is 2.04. The van der Waals surface area contributed by atoms with Crippen molar-refractivity contribution in [3.8, 4) is 0 Å². The van der Waals surface area contributed by atoms with Gasteiger partial charge in [-0.3, -0.25) is 0 Å². The van der Waals surface area contributed by atoms with Crippen molar-refractivity contribution in [1.29, 1.82) is 0 Å². The van der Waals surface area contributed by atoms with Crippen molar-refractivity contribution in [2.75, 3.05) is 6.54 Å². The number of nitrogens with zero attached hydrogens (tertiary/aromatic N) is 2. The average molecular weight is 277 g/mol. The maximum absolute atomic E-state index is 5.91. The van der Waals surface area contributed by atoms with E-state index in [9.17, 15) is 0 Å². The maximum atomic E-state index is 5.91. The number of nitrogens with one attached hydrogen (secondary N) is 1. The highest BCUT2D eigenvalue weighted by Crippen LogP contribution is 2.31. The van der Waals surface area contributed by atoms with Crippen LogP contribution in [0, 0.1) is 13.8 Å². The molecule has 0 aliphatic carbocycles. The summed E-state index contributed by atoms with van der Waals surface area (Å²) < 4.78 is 16.6. The predicted octanol–water partition coefficient (Wildman–Crippen LogP) is 2.29. The Morgan fingerprint density at radius 1 is 1.30 bits per heavy atom. The van der Waals surface area contributed by atoms with Gasteiger partial charge in [0, 0.05) is 6.54 Å². The van der Waals surface area contributed by atoms with Crippen molar-refractivity contribution in [1.82, 2.24) is 15.5 Å². The summed E-state index contributed by atoms with van der Waals surface area (Å²) >= 11 is 0. The average Bonchev–Trinajstić information content (AvgIpc) is 3.11. The largest absolute Gasteiger partial charge is 0.465 e. The van der Waals surface area contributed by atoms with Crippen LogP contribution >= 0.6 is 0 Å². The Bertz CT molecular complexity index is 564. The summed E-state index contributed by atoms with van der Waals surface area (Å²) in [7, 11) is 0. The quantitative estimate of drug-likeness (QED) is 0.904. The van der Waals surface area contributed by atoms with Crippen LogP contribution in [0.4, 0.5) is 0 Å². The van der Waals surface area contributed by atoms with Gasteiger partial charge in [0.1, 0.15) is 17.6 Å². The van der Waals surface area contributed by atoms with Gasteiger partial charge in [0.25, 0.3) is 5.89 Å². The highest BCUT2D eigenvalue weighted by atomic mass is 16.5. The Hall–Kier alpha value is -1.66. The number of aromatic nitrogens is 2. The van der Waals surface area contributed by atoms with Crippen LogP contribution in [-0.2, 0) is 11.3 Å². The van der Waals surface area contributed by atoms with Gasteiger partial charge in [-0.1, -0.05) is 5.16 Å². The lowest BCUT2D eigenvalue weighted by atomic mass is 10.2. The summed E-state index contributed by atoms with van der Waals surface area (Å²) in [6, 6.07) is 3.96. The van der Waals surface area contributed by atoms with Crippen molar-refractivity contribution in [2.45, 2.75) is 45.4 Å². The molecule has 1 aliphatic heterocycles. The molecular formula is C14H19N3O3. The molecule has 108 valence electrons. The first-order chi connectivity index (χ1) is 9.70. The van der Waals surface area contributed by atoms with Crippen LogP contribution in [-0.4, -0.2) is 22.8 Å². The van der Waals surface area contributed by atoms with Crippen LogP contribution < -0.4 is 5.32 Å². The molecule has 0 bridgehead atoms. The predicted molar refractivity (Wildman–Crippen MR) is 71.0 cm³/mol. The third-order valence-electron chi connectivity index (χ3n) is 3.39. The molecule has 0 saturated carbocycles. The van der Waals surface area contributed by atoms with E-state index in [0.717, 1.165) is 37.5 Å². The third kappa shape index (κ3) is 3.08. The van der Waals surface area contributed by atoms with Crippen molar-refractivity contribution >= 4 is 0 Å². The van der Waals surface area contributed by atoms with Crippen LogP contribution in [0.2, 0.25) is 0 Å². The molecule has 1 saturated heterocycles. The van der Waals surface area contributed by atoms with Gasteiger partial charge in [-0.15, -0.1) is 0 Å². The molecule has 3 heterocycles. The van der Waals surface area contributed by atoms with Crippen LogP contribution in [0.5, 0.6) is 0 Å². The summed E-state index contributed by atoms with van der Waals surface area (Å²) in [4.78, 5) is 4.22. The van der Waals surface area contributed by atoms with E-state index < -0.39 is 0 Å². The molecule has 6 heteroatoms. The third-order valence-corrected chi connectivity index (χ3v) is 3.39. The van der Waals surface area contributed by atoms with E-state index in [0.29, 0.717) is 11.7 Å². The minimum absolute atomic E-state index is 0.0612. The van der Waals surface area contributed by atoms with Crippen molar-refractivity contribution in [3.63, 3.8) is 0 Å². The number of aryl methyl sites for hydroxylation is 2. The smallest absolute Gasteiger partial charge is 0.255 e. The van der Waals surface area contributed by atoms with E-state index in [1.807, 2.05) is 26.0 Å². The van der Waals surface area contributed by atoms with Crippen molar-refractivity contribution in [2.24, 2.45) is 0 Å². The molecule has 2 aromatic rings. The monoisotopic (exact) mass is 277 g/mol. The zero-order chi connectivity index (χ0) is 13.9. The maximum Gasteiger partial charge on any atom is 0.255 e. The molecule has 0 amide bonds. The van der Waals surface area contributed by atoms with Gasteiger partial charge >= 0.3 is 0 Å². The topological polar surface area (TPSA) is 73.3 Å². The Balaban J connectivity index is 1.44. The standard InChI is InChI=1S/C14H19N3O3/c1-9-3-4-11(18-9)7-15-8-12-5-6-13(19-12)14-16-10(2)17-20-14/h3-4,12-13,15H,5-8H2,1-2H3/t12-,13+/m1/s1. The van der Waals surface area contributed by atoms with Crippen LogP contribution in [0.15, 0.2) is 21.1 Å². The molecule has 3 rings (SSSR count). The van der Waals surface area contributed by atoms with E-state index in [2.05, 4.69) is 15.5 Å². The van der Waals surface area contributed by atoms with Gasteiger partial charge in [0.15, 0.2) is 5.82 Å².